The summed E-state index contributed by atoms with van der Waals surface area (Å²) in [4.78, 5) is 29.0. The highest BCUT2D eigenvalue weighted by atomic mass is 35.5. The van der Waals surface area contributed by atoms with Crippen molar-refractivity contribution in [3.8, 4) is 0 Å². The molecule has 0 spiro atoms. The van der Waals surface area contributed by atoms with E-state index in [0.717, 1.165) is 39.6 Å². The molecule has 2 aromatic carbocycles. The van der Waals surface area contributed by atoms with Gasteiger partial charge in [0, 0.05) is 53.7 Å². The summed E-state index contributed by atoms with van der Waals surface area (Å²) in [5, 5.41) is 2.59. The average Bonchev–Trinajstić information content (AvgIpc) is 3.17. The van der Waals surface area contributed by atoms with Crippen LogP contribution in [0.2, 0.25) is 5.02 Å². The molecule has 170 valence electrons. The molecule has 1 saturated heterocycles. The van der Waals surface area contributed by atoms with E-state index >= 15 is 0 Å². The first-order valence-corrected chi connectivity index (χ1v) is 11.1. The van der Waals surface area contributed by atoms with Crippen molar-refractivity contribution >= 4 is 45.1 Å². The maximum Gasteiger partial charge on any atom is 0.237 e. The van der Waals surface area contributed by atoms with Crippen LogP contribution in [0.4, 0.5) is 5.82 Å². The normalized spacial score (nSPS) is 17.3. The summed E-state index contributed by atoms with van der Waals surface area (Å²) in [6.07, 6.45) is 1.46. The van der Waals surface area contributed by atoms with Crippen LogP contribution in [-0.4, -0.2) is 63.5 Å². The van der Waals surface area contributed by atoms with Crippen LogP contribution in [-0.2, 0) is 22.6 Å². The Kier molecular flexibility index (Phi) is 5.88. The van der Waals surface area contributed by atoms with E-state index in [1.807, 2.05) is 41.3 Å². The van der Waals surface area contributed by atoms with Gasteiger partial charge in [-0.25, -0.2) is 9.97 Å². The fourth-order valence-corrected chi connectivity index (χ4v) is 4.71. The van der Waals surface area contributed by atoms with Crippen LogP contribution in [0.1, 0.15) is 11.3 Å². The number of piperazine rings is 1. The average molecular weight is 465 g/mol. The van der Waals surface area contributed by atoms with Crippen LogP contribution < -0.4 is 5.73 Å². The Morgan fingerprint density at radius 3 is 2.91 bits per heavy atom. The van der Waals surface area contributed by atoms with Crippen molar-refractivity contribution in [2.45, 2.75) is 19.1 Å². The van der Waals surface area contributed by atoms with Crippen LogP contribution >= 0.6 is 11.6 Å². The Labute approximate surface area is 196 Å². The SMILES string of the molecule is COCC1CN(Cc2cc3cc(Cl)ccc3[nH]2)CC(=O)N1Cc1ccc2c(N)ncnc2c1. The van der Waals surface area contributed by atoms with Crippen molar-refractivity contribution in [3.05, 3.63) is 65.1 Å². The van der Waals surface area contributed by atoms with Crippen molar-refractivity contribution in [2.24, 2.45) is 0 Å². The number of nitrogens with one attached hydrogen (secondary N) is 1. The maximum absolute atomic E-state index is 13.2. The molecule has 3 heterocycles. The summed E-state index contributed by atoms with van der Waals surface area (Å²) in [6.45, 7) is 2.67. The zero-order valence-electron chi connectivity index (χ0n) is 18.3. The summed E-state index contributed by atoms with van der Waals surface area (Å²) < 4.78 is 5.46. The zero-order valence-corrected chi connectivity index (χ0v) is 19.0. The highest BCUT2D eigenvalue weighted by molar-refractivity contribution is 6.31. The molecule has 4 aromatic rings. The quantitative estimate of drug-likeness (QED) is 0.454. The predicted molar refractivity (Wildman–Crippen MR) is 129 cm³/mol. The summed E-state index contributed by atoms with van der Waals surface area (Å²) in [7, 11) is 1.67. The van der Waals surface area contributed by atoms with E-state index in [1.54, 1.807) is 7.11 Å². The molecule has 0 radical (unpaired) electrons. The Bertz CT molecular complexity index is 1320. The minimum absolute atomic E-state index is 0.0544. The monoisotopic (exact) mass is 464 g/mol. The number of anilines is 1. The van der Waals surface area contributed by atoms with Gasteiger partial charge in [-0.1, -0.05) is 17.7 Å². The number of hydrogen-bond donors (Lipinski definition) is 2. The number of ether oxygens (including phenoxy) is 1. The van der Waals surface area contributed by atoms with Gasteiger partial charge in [0.2, 0.25) is 5.91 Å². The van der Waals surface area contributed by atoms with Crippen LogP contribution in [0.3, 0.4) is 0 Å². The van der Waals surface area contributed by atoms with E-state index in [1.165, 1.54) is 6.33 Å². The fraction of sp³-hybridized carbons (Fsp3) is 0.292. The number of aromatic amines is 1. The number of carbonyl (C=O) groups excluding carboxylic acids is 1. The lowest BCUT2D eigenvalue weighted by atomic mass is 10.1. The molecule has 33 heavy (non-hydrogen) atoms. The van der Waals surface area contributed by atoms with E-state index in [9.17, 15) is 4.79 Å². The number of fused-ring (bicyclic) bond motifs is 2. The molecule has 2 aromatic heterocycles. The summed E-state index contributed by atoms with van der Waals surface area (Å²) in [5.41, 5.74) is 9.79. The number of carbonyl (C=O) groups is 1. The van der Waals surface area contributed by atoms with Crippen molar-refractivity contribution in [1.82, 2.24) is 24.8 Å². The number of methoxy groups -OCH3 is 1. The second-order valence-electron chi connectivity index (χ2n) is 8.44. The number of aromatic nitrogens is 3. The van der Waals surface area contributed by atoms with E-state index in [-0.39, 0.29) is 11.9 Å². The topological polar surface area (TPSA) is 100 Å². The molecule has 9 heteroatoms. The van der Waals surface area contributed by atoms with E-state index in [2.05, 4.69) is 25.9 Å². The standard InChI is InChI=1S/C24H25ClN6O2/c1-33-13-19-11-30(10-18-8-16-7-17(25)3-5-21(16)29-18)12-23(32)31(19)9-15-2-4-20-22(6-15)27-14-28-24(20)26/h2-8,14,19,29H,9-13H2,1H3,(H2,26,27,28). The number of benzene rings is 2. The number of nitrogen functional groups attached to an aromatic ring is 1. The summed E-state index contributed by atoms with van der Waals surface area (Å²) in [6, 6.07) is 13.7. The van der Waals surface area contributed by atoms with Crippen LogP contribution in [0.25, 0.3) is 21.8 Å². The number of rotatable bonds is 6. The zero-order chi connectivity index (χ0) is 22.9. The van der Waals surface area contributed by atoms with Gasteiger partial charge < -0.3 is 20.4 Å². The molecule has 1 aliphatic heterocycles. The fourth-order valence-electron chi connectivity index (χ4n) is 4.53. The van der Waals surface area contributed by atoms with E-state index in [4.69, 9.17) is 22.1 Å². The molecular formula is C24H25ClN6O2. The van der Waals surface area contributed by atoms with Crippen LogP contribution in [0, 0.1) is 0 Å². The van der Waals surface area contributed by atoms with Gasteiger partial charge in [0.15, 0.2) is 0 Å². The number of halogens is 1. The number of nitrogens with zero attached hydrogens (tertiary/aromatic N) is 4. The third-order valence-electron chi connectivity index (χ3n) is 6.07. The molecule has 1 fully saturated rings. The first kappa shape index (κ1) is 21.6. The maximum atomic E-state index is 13.2. The van der Waals surface area contributed by atoms with Gasteiger partial charge in [0.05, 0.1) is 24.7 Å². The third-order valence-corrected chi connectivity index (χ3v) is 6.30. The molecule has 0 aliphatic carbocycles. The van der Waals surface area contributed by atoms with Crippen LogP contribution in [0.15, 0.2) is 48.8 Å². The van der Waals surface area contributed by atoms with Crippen molar-refractivity contribution in [1.29, 1.82) is 0 Å². The molecule has 1 amide bonds. The second kappa shape index (κ2) is 8.97. The van der Waals surface area contributed by atoms with Gasteiger partial charge in [-0.05, 0) is 42.0 Å². The van der Waals surface area contributed by atoms with Crippen molar-refractivity contribution in [2.75, 3.05) is 32.5 Å². The molecule has 0 bridgehead atoms. The minimum atomic E-state index is -0.0544. The highest BCUT2D eigenvalue weighted by Crippen LogP contribution is 2.24. The highest BCUT2D eigenvalue weighted by Gasteiger charge is 2.32. The van der Waals surface area contributed by atoms with Crippen LogP contribution in [0.5, 0.6) is 0 Å². The summed E-state index contributed by atoms with van der Waals surface area (Å²) in [5.74, 6) is 0.525. The van der Waals surface area contributed by atoms with Gasteiger partial charge in [0.25, 0.3) is 0 Å². The van der Waals surface area contributed by atoms with E-state index < -0.39 is 0 Å². The summed E-state index contributed by atoms with van der Waals surface area (Å²) >= 11 is 6.11. The van der Waals surface area contributed by atoms with Gasteiger partial charge >= 0.3 is 0 Å². The Balaban J connectivity index is 1.33. The lowest BCUT2D eigenvalue weighted by Gasteiger charge is -2.40. The van der Waals surface area contributed by atoms with Crippen molar-refractivity contribution in [3.63, 3.8) is 0 Å². The number of hydrogen-bond acceptors (Lipinski definition) is 6. The van der Waals surface area contributed by atoms with Gasteiger partial charge in [-0.3, -0.25) is 9.69 Å². The number of amides is 1. The third kappa shape index (κ3) is 4.50. The van der Waals surface area contributed by atoms with Gasteiger partial charge in [-0.15, -0.1) is 0 Å². The van der Waals surface area contributed by atoms with Crippen molar-refractivity contribution < 1.29 is 9.53 Å². The molecule has 1 aliphatic rings. The smallest absolute Gasteiger partial charge is 0.237 e. The predicted octanol–water partition coefficient (Wildman–Crippen LogP) is 3.21. The lowest BCUT2D eigenvalue weighted by Crippen LogP contribution is -2.57. The molecule has 1 atom stereocenters. The first-order chi connectivity index (χ1) is 16.0. The Hall–Kier alpha value is -3.20. The minimum Gasteiger partial charge on any atom is -0.383 e. The molecule has 0 saturated carbocycles. The Morgan fingerprint density at radius 1 is 1.18 bits per heavy atom. The number of nitrogens with two attached hydrogens (primary N) is 1. The van der Waals surface area contributed by atoms with Gasteiger partial charge in [-0.2, -0.15) is 0 Å². The molecule has 8 nitrogen and oxygen atoms in total. The first-order valence-electron chi connectivity index (χ1n) is 10.8. The molecular weight excluding hydrogens is 440 g/mol. The molecule has 1 unspecified atom stereocenters. The second-order valence-corrected chi connectivity index (χ2v) is 8.87. The van der Waals surface area contributed by atoms with E-state index in [0.29, 0.717) is 37.1 Å². The lowest BCUT2D eigenvalue weighted by molar-refractivity contribution is -0.142. The number of H-pyrrole nitrogens is 1. The molecule has 3 N–H and O–H groups in total. The largest absolute Gasteiger partial charge is 0.383 e. The van der Waals surface area contributed by atoms with Gasteiger partial charge in [0.1, 0.15) is 12.1 Å². The molecule has 5 rings (SSSR count). The Morgan fingerprint density at radius 2 is 2.06 bits per heavy atom.